The molecular weight excluding hydrogens is 356 g/mol. The van der Waals surface area contributed by atoms with E-state index in [9.17, 15) is 19.2 Å². The molecule has 1 heterocycles. The maximum atomic E-state index is 12.0. The van der Waals surface area contributed by atoms with Crippen LogP contribution in [0.1, 0.15) is 23.0 Å². The van der Waals surface area contributed by atoms with E-state index in [2.05, 4.69) is 20.6 Å². The van der Waals surface area contributed by atoms with Crippen molar-refractivity contribution in [2.24, 2.45) is 0 Å². The van der Waals surface area contributed by atoms with Gasteiger partial charge < -0.3 is 15.6 Å². The smallest absolute Gasteiger partial charge is 0.251 e. The largest absolute Gasteiger partial charge is 0.359 e. The number of amides is 2. The van der Waals surface area contributed by atoms with Crippen LogP contribution in [0, 0.1) is 0 Å². The van der Waals surface area contributed by atoms with Crippen LogP contribution in [-0.2, 0) is 16.0 Å². The number of Topliss-reactive ketones (excluding diaryl/α,β-unsaturated/α-hetero) is 1. The molecule has 26 heavy (non-hydrogen) atoms. The Labute approximate surface area is 153 Å². The van der Waals surface area contributed by atoms with Crippen molar-refractivity contribution in [2.75, 3.05) is 18.1 Å². The zero-order valence-corrected chi connectivity index (χ0v) is 15.1. The molecule has 136 valence electrons. The predicted molar refractivity (Wildman–Crippen MR) is 98.4 cm³/mol. The van der Waals surface area contributed by atoms with Crippen molar-refractivity contribution < 1.29 is 14.4 Å². The molecule has 0 unspecified atom stereocenters. The minimum Gasteiger partial charge on any atom is -0.359 e. The van der Waals surface area contributed by atoms with Gasteiger partial charge >= 0.3 is 0 Å². The van der Waals surface area contributed by atoms with E-state index in [1.54, 1.807) is 24.3 Å². The van der Waals surface area contributed by atoms with Gasteiger partial charge in [0.25, 0.3) is 5.56 Å². The Kier molecular flexibility index (Phi) is 6.67. The Morgan fingerprint density at radius 3 is 2.46 bits per heavy atom. The van der Waals surface area contributed by atoms with Crippen LogP contribution < -0.4 is 16.2 Å². The number of aromatic nitrogens is 2. The number of ketones is 1. The minimum absolute atomic E-state index is 0.0112. The van der Waals surface area contributed by atoms with E-state index >= 15 is 0 Å². The molecule has 0 saturated heterocycles. The van der Waals surface area contributed by atoms with Gasteiger partial charge in [-0.3, -0.25) is 19.2 Å². The zero-order chi connectivity index (χ0) is 19.1. The van der Waals surface area contributed by atoms with E-state index in [0.717, 1.165) is 11.8 Å². The van der Waals surface area contributed by atoms with Gasteiger partial charge in [-0.15, -0.1) is 0 Å². The molecule has 3 N–H and O–H groups in total. The monoisotopic (exact) mass is 374 g/mol. The summed E-state index contributed by atoms with van der Waals surface area (Å²) in [5.41, 5.74) is 1.07. The van der Waals surface area contributed by atoms with Crippen molar-refractivity contribution in [3.05, 3.63) is 51.9 Å². The molecule has 0 atom stereocenters. The van der Waals surface area contributed by atoms with Crippen LogP contribution in [0.25, 0.3) is 0 Å². The fraction of sp³-hybridized carbons (Fsp3) is 0.235. The van der Waals surface area contributed by atoms with Gasteiger partial charge in [-0.25, -0.2) is 4.98 Å². The number of aromatic amines is 1. The normalized spacial score (nSPS) is 10.2. The Balaban J connectivity index is 1.95. The summed E-state index contributed by atoms with van der Waals surface area (Å²) in [6, 6.07) is 7.79. The third-order valence-electron chi connectivity index (χ3n) is 3.31. The molecule has 0 fully saturated rings. The molecule has 2 aromatic rings. The van der Waals surface area contributed by atoms with Gasteiger partial charge in [0.2, 0.25) is 11.8 Å². The predicted octanol–water partition coefficient (Wildman–Crippen LogP) is 0.992. The maximum absolute atomic E-state index is 12.0. The lowest BCUT2D eigenvalue weighted by Gasteiger charge is -2.06. The summed E-state index contributed by atoms with van der Waals surface area (Å²) in [6.45, 7) is 1.47. The van der Waals surface area contributed by atoms with Crippen LogP contribution in [0.15, 0.2) is 40.3 Å². The molecule has 0 saturated carbocycles. The molecule has 0 aliphatic carbocycles. The quantitative estimate of drug-likeness (QED) is 0.378. The van der Waals surface area contributed by atoms with Crippen molar-refractivity contribution >= 4 is 35.0 Å². The average molecular weight is 374 g/mol. The van der Waals surface area contributed by atoms with E-state index in [1.807, 2.05) is 0 Å². The molecule has 0 aliphatic rings. The lowest BCUT2D eigenvalue weighted by Crippen LogP contribution is -2.22. The maximum Gasteiger partial charge on any atom is 0.251 e. The highest BCUT2D eigenvalue weighted by atomic mass is 32.2. The van der Waals surface area contributed by atoms with Gasteiger partial charge in [0, 0.05) is 24.4 Å². The molecule has 9 heteroatoms. The van der Waals surface area contributed by atoms with Crippen LogP contribution in [0.5, 0.6) is 0 Å². The first-order chi connectivity index (χ1) is 12.4. The van der Waals surface area contributed by atoms with Gasteiger partial charge in [0.15, 0.2) is 10.9 Å². The fourth-order valence-corrected chi connectivity index (χ4v) is 2.71. The lowest BCUT2D eigenvalue weighted by molar-refractivity contribution is -0.120. The van der Waals surface area contributed by atoms with Crippen molar-refractivity contribution in [2.45, 2.75) is 18.5 Å². The van der Waals surface area contributed by atoms with Gasteiger partial charge in [-0.05, 0) is 31.2 Å². The summed E-state index contributed by atoms with van der Waals surface area (Å²) >= 11 is 1.05. The van der Waals surface area contributed by atoms with Crippen molar-refractivity contribution in [1.82, 2.24) is 15.3 Å². The first-order valence-corrected chi connectivity index (χ1v) is 8.70. The Morgan fingerprint density at radius 2 is 1.85 bits per heavy atom. The van der Waals surface area contributed by atoms with Crippen LogP contribution in [-0.4, -0.2) is 40.4 Å². The summed E-state index contributed by atoms with van der Waals surface area (Å²) in [5.74, 6) is -0.568. The van der Waals surface area contributed by atoms with E-state index in [4.69, 9.17) is 0 Å². The van der Waals surface area contributed by atoms with Gasteiger partial charge in [0.05, 0.1) is 17.9 Å². The van der Waals surface area contributed by atoms with Crippen LogP contribution in [0.3, 0.4) is 0 Å². The summed E-state index contributed by atoms with van der Waals surface area (Å²) in [6.07, 6.45) is -0.0112. The van der Waals surface area contributed by atoms with Gasteiger partial charge in [-0.1, -0.05) is 11.8 Å². The third-order valence-corrected chi connectivity index (χ3v) is 4.18. The lowest BCUT2D eigenvalue weighted by atomic mass is 10.1. The number of nitrogens with one attached hydrogen (secondary N) is 3. The number of nitrogens with zero attached hydrogens (tertiary/aromatic N) is 1. The number of rotatable bonds is 7. The molecule has 1 aromatic carbocycles. The third kappa shape index (κ3) is 5.85. The Hall–Kier alpha value is -2.94. The molecule has 1 aromatic heterocycles. The van der Waals surface area contributed by atoms with Crippen molar-refractivity contribution in [1.29, 1.82) is 0 Å². The number of carbonyl (C=O) groups excluding carboxylic acids is 3. The minimum atomic E-state index is -0.387. The molecule has 2 rings (SSSR count). The summed E-state index contributed by atoms with van der Waals surface area (Å²) in [4.78, 5) is 52.9. The molecule has 8 nitrogen and oxygen atoms in total. The highest BCUT2D eigenvalue weighted by Gasteiger charge is 2.09. The Bertz CT molecular complexity index is 877. The van der Waals surface area contributed by atoms with Crippen LogP contribution in [0.2, 0.25) is 0 Å². The van der Waals surface area contributed by atoms with E-state index in [1.165, 1.54) is 20.0 Å². The first-order valence-electron chi connectivity index (χ1n) is 7.72. The summed E-state index contributed by atoms with van der Waals surface area (Å²) in [7, 11) is 1.50. The van der Waals surface area contributed by atoms with E-state index in [-0.39, 0.29) is 40.5 Å². The number of benzene rings is 1. The number of likely N-dealkylation sites (N-methyl/N-ethyl adjacent to an activating group) is 1. The summed E-state index contributed by atoms with van der Waals surface area (Å²) in [5, 5.41) is 5.41. The topological polar surface area (TPSA) is 121 Å². The van der Waals surface area contributed by atoms with Crippen molar-refractivity contribution in [3.8, 4) is 0 Å². The highest BCUT2D eigenvalue weighted by Crippen LogP contribution is 2.14. The molecular formula is C17H18N4O4S. The number of hydrogen-bond donors (Lipinski definition) is 3. The number of anilines is 1. The highest BCUT2D eigenvalue weighted by molar-refractivity contribution is 7.99. The second-order valence-corrected chi connectivity index (χ2v) is 6.33. The van der Waals surface area contributed by atoms with Crippen LogP contribution in [0.4, 0.5) is 5.69 Å². The number of hydrogen-bond acceptors (Lipinski definition) is 6. The van der Waals surface area contributed by atoms with Crippen LogP contribution >= 0.6 is 11.8 Å². The molecule has 0 spiro atoms. The molecule has 0 bridgehead atoms. The Morgan fingerprint density at radius 1 is 1.15 bits per heavy atom. The number of carbonyl (C=O) groups is 3. The number of thioether (sulfide) groups is 1. The second kappa shape index (κ2) is 8.95. The summed E-state index contributed by atoms with van der Waals surface area (Å²) < 4.78 is 0. The van der Waals surface area contributed by atoms with E-state index in [0.29, 0.717) is 16.9 Å². The second-order valence-electron chi connectivity index (χ2n) is 5.36. The van der Waals surface area contributed by atoms with Crippen molar-refractivity contribution in [3.63, 3.8) is 0 Å². The van der Waals surface area contributed by atoms with Gasteiger partial charge in [0.1, 0.15) is 0 Å². The standard InChI is InChI=1S/C17H18N4O4S/c1-10(22)11-3-5-12(6-4-11)19-16(25)9-26-17-20-13(7-14(23)18-2)8-15(24)21-17/h3-6,8H,7,9H2,1-2H3,(H,18,23)(H,19,25)(H,20,21,24). The molecule has 0 radical (unpaired) electrons. The number of H-pyrrole nitrogens is 1. The SMILES string of the molecule is CNC(=O)Cc1cc(=O)[nH]c(SCC(=O)Nc2ccc(C(C)=O)cc2)n1. The van der Waals surface area contributed by atoms with E-state index < -0.39 is 0 Å². The zero-order valence-electron chi connectivity index (χ0n) is 14.3. The fourth-order valence-electron chi connectivity index (χ4n) is 2.01. The molecule has 2 amide bonds. The van der Waals surface area contributed by atoms with Gasteiger partial charge in [-0.2, -0.15) is 0 Å². The first kappa shape index (κ1) is 19.4. The average Bonchev–Trinajstić information content (AvgIpc) is 2.60. The molecule has 0 aliphatic heterocycles.